The quantitative estimate of drug-likeness (QED) is 0.104. The van der Waals surface area contributed by atoms with E-state index in [-0.39, 0.29) is 49.1 Å². The van der Waals surface area contributed by atoms with E-state index in [4.69, 9.17) is 32.4 Å². The fraction of sp³-hybridized carbons (Fsp3) is 0.444. The molecule has 15 heteroatoms. The average molecular weight is 741 g/mol. The number of amides is 4. The number of H-pyrrole nitrogens is 1. The van der Waals surface area contributed by atoms with Gasteiger partial charge in [-0.05, 0) is 47.9 Å². The van der Waals surface area contributed by atoms with Gasteiger partial charge < -0.3 is 30.1 Å². The topological polar surface area (TPSA) is 180 Å². The predicted molar refractivity (Wildman–Crippen MR) is 193 cm³/mol. The van der Waals surface area contributed by atoms with Gasteiger partial charge >= 0.3 is 12.1 Å². The van der Waals surface area contributed by atoms with E-state index in [1.54, 1.807) is 12.1 Å². The highest BCUT2D eigenvalue weighted by molar-refractivity contribution is 6.38. The second-order valence-electron chi connectivity index (χ2n) is 13.2. The molecular weight excluding hydrogens is 697 g/mol. The van der Waals surface area contributed by atoms with Gasteiger partial charge in [-0.1, -0.05) is 99.2 Å². The minimum absolute atomic E-state index is 0.0264. The smallest absolute Gasteiger partial charge is 0.408 e. The van der Waals surface area contributed by atoms with Gasteiger partial charge in [0.15, 0.2) is 0 Å². The summed E-state index contributed by atoms with van der Waals surface area (Å²) in [5.74, 6) is -1.79. The summed E-state index contributed by atoms with van der Waals surface area (Å²) in [5.41, 5.74) is 1.66. The number of aryl methyl sites for hydroxylation is 1. The molecule has 0 saturated heterocycles. The van der Waals surface area contributed by atoms with Gasteiger partial charge in [0.1, 0.15) is 24.2 Å². The Kier molecular flexibility index (Phi) is 11.9. The summed E-state index contributed by atoms with van der Waals surface area (Å²) in [7, 11) is 0. The number of aromatic nitrogens is 3. The molecule has 272 valence electrons. The average Bonchev–Trinajstić information content (AvgIpc) is 3.72. The summed E-state index contributed by atoms with van der Waals surface area (Å²) in [4.78, 5) is 57.0. The number of nitrogens with one attached hydrogen (secondary N) is 5. The zero-order valence-electron chi connectivity index (χ0n) is 29.2. The molecule has 5 rings (SSSR count). The van der Waals surface area contributed by atoms with E-state index in [9.17, 15) is 19.2 Å². The van der Waals surface area contributed by atoms with Crippen molar-refractivity contribution < 1.29 is 28.3 Å². The third-order valence-corrected chi connectivity index (χ3v) is 10.1. The van der Waals surface area contributed by atoms with E-state index in [0.29, 0.717) is 34.8 Å². The van der Waals surface area contributed by atoms with Crippen molar-refractivity contribution in [2.24, 2.45) is 11.8 Å². The first kappa shape index (κ1) is 37.6. The highest BCUT2D eigenvalue weighted by atomic mass is 35.5. The molecule has 0 fully saturated rings. The van der Waals surface area contributed by atoms with Gasteiger partial charge in [-0.3, -0.25) is 19.7 Å². The van der Waals surface area contributed by atoms with Crippen molar-refractivity contribution in [2.45, 2.75) is 91.0 Å². The van der Waals surface area contributed by atoms with Crippen molar-refractivity contribution in [3.05, 3.63) is 75.2 Å². The van der Waals surface area contributed by atoms with Crippen molar-refractivity contribution in [3.8, 4) is 0 Å². The zero-order valence-corrected chi connectivity index (χ0v) is 30.7. The molecule has 4 aromatic rings. The summed E-state index contributed by atoms with van der Waals surface area (Å²) in [6.07, 6.45) is 1.15. The van der Waals surface area contributed by atoms with Crippen LogP contribution in [0.5, 0.6) is 0 Å². The van der Waals surface area contributed by atoms with Crippen molar-refractivity contribution in [3.63, 3.8) is 0 Å². The number of ether oxygens (including phenoxy) is 1. The lowest BCUT2D eigenvalue weighted by Crippen LogP contribution is -2.65. The SMILES string of the molecule is CCC(C)[C@H](NC(=O)OCc1ccccc1)C(=O)N[C@@]1(C(=O)N[C@H](c2nnc(NC(C)=O)o2)C(C)CC)CCc2[nH]c3c(Cl)cc(Cl)cc3c2C1. The molecule has 2 aromatic heterocycles. The molecule has 5 N–H and O–H groups in total. The van der Waals surface area contributed by atoms with Crippen LogP contribution in [0, 0.1) is 11.8 Å². The summed E-state index contributed by atoms with van der Waals surface area (Å²) in [6, 6.07) is 10.8. The Labute approximate surface area is 305 Å². The number of aromatic amines is 1. The number of halogens is 2. The highest BCUT2D eigenvalue weighted by Crippen LogP contribution is 2.39. The van der Waals surface area contributed by atoms with Gasteiger partial charge in [0.05, 0.1) is 10.5 Å². The van der Waals surface area contributed by atoms with E-state index >= 15 is 0 Å². The number of hydrogen-bond acceptors (Lipinski definition) is 8. The van der Waals surface area contributed by atoms with Crippen molar-refractivity contribution in [1.82, 2.24) is 31.1 Å². The third kappa shape index (κ3) is 8.65. The molecule has 2 heterocycles. The van der Waals surface area contributed by atoms with Gasteiger partial charge in [0.2, 0.25) is 23.6 Å². The molecule has 0 spiro atoms. The van der Waals surface area contributed by atoms with E-state index in [2.05, 4.69) is 36.4 Å². The molecular formula is C36H43Cl2N7O6. The number of carbonyl (C=O) groups is 4. The third-order valence-electron chi connectivity index (χ3n) is 9.57. The maximum atomic E-state index is 14.7. The Morgan fingerprint density at radius 2 is 1.75 bits per heavy atom. The first-order valence-corrected chi connectivity index (χ1v) is 17.8. The number of carbonyl (C=O) groups excluding carboxylic acids is 4. The fourth-order valence-electron chi connectivity index (χ4n) is 6.26. The lowest BCUT2D eigenvalue weighted by molar-refractivity contribution is -0.136. The molecule has 1 aliphatic rings. The standard InChI is InChI=1S/C36H43Cl2N7O6/c1-6-19(3)28(42-35(49)50-18-22-11-9-8-10-12-22)31(47)43-36(14-13-27-25(17-36)24-15-23(37)16-26(38)30(24)40-27)33(48)41-29(20(4)7-2)32-44-45-34(51-32)39-21(5)46/h8-12,15-16,19-20,28-29,40H,6-7,13-14,17-18H2,1-5H3,(H,41,48)(H,42,49)(H,43,47)(H,39,45,46)/t19?,20?,28-,29-,36-/m0/s1. The lowest BCUT2D eigenvalue weighted by Gasteiger charge is -2.39. The van der Waals surface area contributed by atoms with E-state index in [1.165, 1.54) is 6.92 Å². The van der Waals surface area contributed by atoms with Crippen LogP contribution in [0.1, 0.15) is 82.6 Å². The second kappa shape index (κ2) is 16.2. The normalized spacial score (nSPS) is 17.8. The van der Waals surface area contributed by atoms with E-state index < -0.39 is 35.5 Å². The number of rotatable bonds is 13. The Hall–Kier alpha value is -4.62. The summed E-state index contributed by atoms with van der Waals surface area (Å²) < 4.78 is 11.2. The molecule has 0 radical (unpaired) electrons. The molecule has 13 nitrogen and oxygen atoms in total. The zero-order chi connectivity index (χ0) is 36.9. The predicted octanol–water partition coefficient (Wildman–Crippen LogP) is 6.40. The Morgan fingerprint density at radius 3 is 2.43 bits per heavy atom. The van der Waals surface area contributed by atoms with Gasteiger partial charge in [-0.25, -0.2) is 4.79 Å². The summed E-state index contributed by atoms with van der Waals surface area (Å²) in [6.45, 7) is 8.98. The second-order valence-corrected chi connectivity index (χ2v) is 14.0. The van der Waals surface area contributed by atoms with Crippen LogP contribution in [-0.4, -0.2) is 50.6 Å². The van der Waals surface area contributed by atoms with Crippen LogP contribution in [0.15, 0.2) is 46.9 Å². The number of benzene rings is 2. The summed E-state index contributed by atoms with van der Waals surface area (Å²) in [5, 5.41) is 21.0. The minimum Gasteiger partial charge on any atom is -0.445 e. The Morgan fingerprint density at radius 1 is 1.02 bits per heavy atom. The van der Waals surface area contributed by atoms with E-state index in [1.807, 2.05) is 58.0 Å². The van der Waals surface area contributed by atoms with Crippen LogP contribution >= 0.6 is 23.2 Å². The van der Waals surface area contributed by atoms with Crippen molar-refractivity contribution in [1.29, 1.82) is 0 Å². The Bertz CT molecular complexity index is 1900. The molecule has 2 aromatic carbocycles. The minimum atomic E-state index is -1.48. The molecule has 4 amide bonds. The molecule has 5 atom stereocenters. The first-order valence-electron chi connectivity index (χ1n) is 17.0. The van der Waals surface area contributed by atoms with Crippen LogP contribution in [0.2, 0.25) is 10.0 Å². The van der Waals surface area contributed by atoms with Crippen LogP contribution in [-0.2, 0) is 38.6 Å². The number of alkyl carbamates (subject to hydrolysis) is 1. The maximum Gasteiger partial charge on any atom is 0.408 e. The van der Waals surface area contributed by atoms with Gasteiger partial charge in [-0.15, -0.1) is 5.10 Å². The highest BCUT2D eigenvalue weighted by Gasteiger charge is 2.47. The fourth-order valence-corrected chi connectivity index (χ4v) is 6.80. The lowest BCUT2D eigenvalue weighted by atomic mass is 9.78. The molecule has 0 saturated carbocycles. The van der Waals surface area contributed by atoms with Crippen molar-refractivity contribution >= 4 is 63.9 Å². The number of nitrogens with zero attached hydrogens (tertiary/aromatic N) is 2. The van der Waals surface area contributed by atoms with Crippen molar-refractivity contribution in [2.75, 3.05) is 5.32 Å². The molecule has 51 heavy (non-hydrogen) atoms. The van der Waals surface area contributed by atoms with Crippen LogP contribution < -0.4 is 21.3 Å². The number of fused-ring (bicyclic) bond motifs is 3. The molecule has 0 bridgehead atoms. The van der Waals surface area contributed by atoms with Crippen LogP contribution in [0.4, 0.5) is 10.8 Å². The van der Waals surface area contributed by atoms with Gasteiger partial charge in [-0.2, -0.15) is 0 Å². The molecule has 2 unspecified atom stereocenters. The Balaban J connectivity index is 1.48. The maximum absolute atomic E-state index is 14.7. The monoisotopic (exact) mass is 739 g/mol. The number of anilines is 1. The molecule has 1 aliphatic carbocycles. The molecule has 0 aliphatic heterocycles. The van der Waals surface area contributed by atoms with E-state index in [0.717, 1.165) is 22.2 Å². The van der Waals surface area contributed by atoms with Gasteiger partial charge in [0.25, 0.3) is 0 Å². The van der Waals surface area contributed by atoms with Crippen LogP contribution in [0.3, 0.4) is 0 Å². The largest absolute Gasteiger partial charge is 0.445 e. The van der Waals surface area contributed by atoms with Gasteiger partial charge in [0, 0.05) is 29.4 Å². The number of hydrogen-bond donors (Lipinski definition) is 5. The van der Waals surface area contributed by atoms with Crippen LogP contribution in [0.25, 0.3) is 10.9 Å². The first-order chi connectivity index (χ1) is 24.3. The summed E-state index contributed by atoms with van der Waals surface area (Å²) >= 11 is 13.0.